The first-order chi connectivity index (χ1) is 9.16. The lowest BCUT2D eigenvalue weighted by Crippen LogP contribution is -2.60. The molecule has 20 heavy (non-hydrogen) atoms. The van der Waals surface area contributed by atoms with Gasteiger partial charge in [-0.3, -0.25) is 9.80 Å². The number of nitrogens with zero attached hydrogens (tertiary/aromatic N) is 2. The fraction of sp³-hybridized carbons (Fsp3) is 1.00. The second kappa shape index (κ2) is 5.96. The average molecular weight is 280 g/mol. The van der Waals surface area contributed by atoms with Gasteiger partial charge in [0, 0.05) is 25.2 Å². The molecule has 0 amide bonds. The molecule has 0 aromatic heterocycles. The van der Waals surface area contributed by atoms with E-state index in [1.807, 2.05) is 0 Å². The molecule has 2 nitrogen and oxygen atoms in total. The summed E-state index contributed by atoms with van der Waals surface area (Å²) >= 11 is 0. The van der Waals surface area contributed by atoms with Gasteiger partial charge in [-0.25, -0.2) is 0 Å². The molecule has 0 saturated carbocycles. The van der Waals surface area contributed by atoms with E-state index in [4.69, 9.17) is 0 Å². The normalized spacial score (nSPS) is 30.3. The summed E-state index contributed by atoms with van der Waals surface area (Å²) in [4.78, 5) is 5.62. The third kappa shape index (κ3) is 4.46. The molecule has 0 N–H and O–H groups in total. The quantitative estimate of drug-likeness (QED) is 0.754. The fourth-order valence-corrected chi connectivity index (χ4v) is 4.19. The van der Waals surface area contributed by atoms with Crippen LogP contribution in [0.15, 0.2) is 0 Å². The lowest BCUT2D eigenvalue weighted by atomic mass is 9.83. The van der Waals surface area contributed by atoms with Crippen molar-refractivity contribution in [1.29, 1.82) is 0 Å². The largest absolute Gasteiger partial charge is 0.298 e. The average Bonchev–Trinajstić information content (AvgIpc) is 2.26. The Morgan fingerprint density at radius 1 is 0.700 bits per heavy atom. The van der Waals surface area contributed by atoms with Crippen molar-refractivity contribution in [2.24, 2.45) is 10.8 Å². The number of piperidine rings is 2. The first-order valence-electron chi connectivity index (χ1n) is 8.64. The summed E-state index contributed by atoms with van der Waals surface area (Å²) < 4.78 is 0. The van der Waals surface area contributed by atoms with Crippen LogP contribution in [0.1, 0.15) is 67.2 Å². The maximum atomic E-state index is 2.81. The van der Waals surface area contributed by atoms with Gasteiger partial charge in [0.05, 0.1) is 0 Å². The number of rotatable bonds is 2. The van der Waals surface area contributed by atoms with Gasteiger partial charge in [-0.15, -0.1) is 0 Å². The number of fused-ring (bicyclic) bond motifs is 1. The molecule has 2 heteroatoms. The molecule has 0 aliphatic carbocycles. The molecule has 2 fully saturated rings. The molecule has 0 aromatic rings. The second-order valence-corrected chi connectivity index (χ2v) is 9.48. The summed E-state index contributed by atoms with van der Waals surface area (Å²) in [6.45, 7) is 19.5. The Morgan fingerprint density at radius 3 is 1.35 bits per heavy atom. The van der Waals surface area contributed by atoms with E-state index >= 15 is 0 Å². The molecule has 2 heterocycles. The lowest BCUT2D eigenvalue weighted by Gasteiger charge is -2.52. The van der Waals surface area contributed by atoms with Gasteiger partial charge in [-0.05, 0) is 49.6 Å². The molecular weight excluding hydrogens is 244 g/mol. The Balaban J connectivity index is 2.05. The molecule has 2 aliphatic rings. The van der Waals surface area contributed by atoms with Crippen LogP contribution < -0.4 is 0 Å². The summed E-state index contributed by atoms with van der Waals surface area (Å²) in [5.41, 5.74) is 0.850. The fourth-order valence-electron chi connectivity index (χ4n) is 4.19. The summed E-state index contributed by atoms with van der Waals surface area (Å²) in [5, 5.41) is 0. The highest BCUT2D eigenvalue weighted by Crippen LogP contribution is 2.33. The van der Waals surface area contributed by atoms with E-state index in [2.05, 4.69) is 51.3 Å². The monoisotopic (exact) mass is 280 g/mol. The first kappa shape index (κ1) is 16.3. The minimum absolute atomic E-state index is 0.425. The van der Waals surface area contributed by atoms with Gasteiger partial charge in [0.25, 0.3) is 0 Å². The van der Waals surface area contributed by atoms with E-state index in [-0.39, 0.29) is 0 Å². The Bertz CT molecular complexity index is 278. The number of hydrogen-bond donors (Lipinski definition) is 0. The van der Waals surface area contributed by atoms with E-state index in [1.165, 1.54) is 51.9 Å². The van der Waals surface area contributed by atoms with Crippen molar-refractivity contribution in [3.8, 4) is 0 Å². The van der Waals surface area contributed by atoms with Crippen LogP contribution in [0.4, 0.5) is 0 Å². The van der Waals surface area contributed by atoms with Crippen molar-refractivity contribution in [2.45, 2.75) is 79.3 Å². The van der Waals surface area contributed by atoms with Crippen molar-refractivity contribution >= 4 is 0 Å². The zero-order chi connectivity index (χ0) is 15.0. The Hall–Kier alpha value is -0.0800. The highest BCUT2D eigenvalue weighted by molar-refractivity contribution is 4.95. The lowest BCUT2D eigenvalue weighted by molar-refractivity contribution is -0.0197. The van der Waals surface area contributed by atoms with Gasteiger partial charge < -0.3 is 0 Å². The van der Waals surface area contributed by atoms with Gasteiger partial charge in [-0.2, -0.15) is 0 Å². The van der Waals surface area contributed by atoms with Crippen LogP contribution in [0.5, 0.6) is 0 Å². The van der Waals surface area contributed by atoms with Gasteiger partial charge in [0.1, 0.15) is 0 Å². The maximum Gasteiger partial charge on any atom is 0.0252 e. The smallest absolute Gasteiger partial charge is 0.0252 e. The van der Waals surface area contributed by atoms with Crippen molar-refractivity contribution in [1.82, 2.24) is 9.80 Å². The molecule has 2 aliphatic heterocycles. The molecule has 118 valence electrons. The van der Waals surface area contributed by atoms with E-state index < -0.39 is 0 Å². The van der Waals surface area contributed by atoms with Crippen LogP contribution in [-0.4, -0.2) is 48.1 Å². The maximum absolute atomic E-state index is 2.81. The molecule has 0 radical (unpaired) electrons. The first-order valence-corrected chi connectivity index (χ1v) is 8.64. The molecule has 0 bridgehead atoms. The van der Waals surface area contributed by atoms with Crippen molar-refractivity contribution < 1.29 is 0 Å². The Kier molecular flexibility index (Phi) is 4.86. The summed E-state index contributed by atoms with van der Waals surface area (Å²) in [6.07, 6.45) is 5.61. The van der Waals surface area contributed by atoms with Crippen LogP contribution in [-0.2, 0) is 0 Å². The predicted molar refractivity (Wildman–Crippen MR) is 88.1 cm³/mol. The zero-order valence-corrected chi connectivity index (χ0v) is 14.7. The summed E-state index contributed by atoms with van der Waals surface area (Å²) in [5.74, 6) is 0. The predicted octanol–water partition coefficient (Wildman–Crippen LogP) is 4.01. The molecule has 0 aromatic carbocycles. The zero-order valence-electron chi connectivity index (χ0n) is 14.7. The molecule has 2 saturated heterocycles. The topological polar surface area (TPSA) is 6.48 Å². The highest BCUT2D eigenvalue weighted by Gasteiger charge is 2.39. The van der Waals surface area contributed by atoms with Gasteiger partial charge in [0.2, 0.25) is 0 Å². The molecule has 0 spiro atoms. The van der Waals surface area contributed by atoms with Crippen LogP contribution in [0.3, 0.4) is 0 Å². The Labute approximate surface area is 126 Å². The van der Waals surface area contributed by atoms with Gasteiger partial charge in [0.15, 0.2) is 0 Å². The number of likely N-dealkylation sites (tertiary alicyclic amines) is 2. The van der Waals surface area contributed by atoms with Crippen molar-refractivity contribution in [3.63, 3.8) is 0 Å². The third-order valence-electron chi connectivity index (χ3n) is 4.63. The molecule has 2 atom stereocenters. The van der Waals surface area contributed by atoms with Crippen LogP contribution in [0, 0.1) is 10.8 Å². The third-order valence-corrected chi connectivity index (χ3v) is 4.63. The summed E-state index contributed by atoms with van der Waals surface area (Å²) in [7, 11) is 0. The SMILES string of the molecule is CC(C)(C)CN1CCC[C@@H]2[C@H]1CCCN2CC(C)(C)C. The van der Waals surface area contributed by atoms with Crippen LogP contribution in [0.2, 0.25) is 0 Å². The minimum Gasteiger partial charge on any atom is -0.298 e. The van der Waals surface area contributed by atoms with Crippen LogP contribution >= 0.6 is 0 Å². The van der Waals surface area contributed by atoms with E-state index in [0.717, 1.165) is 12.1 Å². The second-order valence-electron chi connectivity index (χ2n) is 9.48. The van der Waals surface area contributed by atoms with Gasteiger partial charge >= 0.3 is 0 Å². The minimum atomic E-state index is 0.425. The number of hydrogen-bond acceptors (Lipinski definition) is 2. The van der Waals surface area contributed by atoms with E-state index in [9.17, 15) is 0 Å². The van der Waals surface area contributed by atoms with Crippen LogP contribution in [0.25, 0.3) is 0 Å². The summed E-state index contributed by atoms with van der Waals surface area (Å²) in [6, 6.07) is 1.64. The van der Waals surface area contributed by atoms with Crippen molar-refractivity contribution in [2.75, 3.05) is 26.2 Å². The molecule has 0 unspecified atom stereocenters. The Morgan fingerprint density at radius 2 is 1.05 bits per heavy atom. The van der Waals surface area contributed by atoms with E-state index in [0.29, 0.717) is 10.8 Å². The van der Waals surface area contributed by atoms with E-state index in [1.54, 1.807) is 0 Å². The molecular formula is C18H36N2. The van der Waals surface area contributed by atoms with Crippen molar-refractivity contribution in [3.05, 3.63) is 0 Å². The highest BCUT2D eigenvalue weighted by atomic mass is 15.3. The van der Waals surface area contributed by atoms with Gasteiger partial charge in [-0.1, -0.05) is 41.5 Å². The molecule has 2 rings (SSSR count). The standard InChI is InChI=1S/C18H36N2/c1-17(2,3)13-19-11-7-10-16-15(19)9-8-12-20(16)14-18(4,5)6/h15-16H,7-14H2,1-6H3/t15-,16-/m1/s1.